The first-order valence-electron chi connectivity index (χ1n) is 9.83. The van der Waals surface area contributed by atoms with Crippen LogP contribution in [0.3, 0.4) is 0 Å². The van der Waals surface area contributed by atoms with Gasteiger partial charge in [0.1, 0.15) is 24.4 Å². The summed E-state index contributed by atoms with van der Waals surface area (Å²) in [6.45, 7) is 0.673. The maximum Gasteiger partial charge on any atom is 0.113 e. The standard InChI is InChI=1S/C24H23NO4/c26-21-14-29-24(23(28)22(21)27)19-13-25(20-8-4-3-7-18(19)20)12-15-9-10-16-5-1-2-6-17(16)11-15/h1-11,13,21-24,26-28H,12,14H2/t21-,22+,23-,24+/m1/s1. The maximum absolute atomic E-state index is 10.5. The first kappa shape index (κ1) is 18.3. The summed E-state index contributed by atoms with van der Waals surface area (Å²) in [6.07, 6.45) is -2.18. The molecule has 0 amide bonds. The van der Waals surface area contributed by atoms with E-state index in [0.717, 1.165) is 16.5 Å². The molecule has 1 aliphatic heterocycles. The average molecular weight is 389 g/mol. The molecule has 1 aliphatic rings. The van der Waals surface area contributed by atoms with Crippen LogP contribution in [-0.2, 0) is 11.3 Å². The number of aliphatic hydroxyl groups is 3. The number of nitrogens with zero attached hydrogens (tertiary/aromatic N) is 1. The Kier molecular flexibility index (Phi) is 4.60. The summed E-state index contributed by atoms with van der Waals surface area (Å²) in [5.74, 6) is 0. The van der Waals surface area contributed by atoms with Crippen molar-refractivity contribution in [3.8, 4) is 0 Å². The van der Waals surface area contributed by atoms with E-state index in [4.69, 9.17) is 4.74 Å². The molecular formula is C24H23NO4. The zero-order valence-corrected chi connectivity index (χ0v) is 15.8. The smallest absolute Gasteiger partial charge is 0.113 e. The molecule has 3 N–H and O–H groups in total. The molecular weight excluding hydrogens is 366 g/mol. The highest BCUT2D eigenvalue weighted by Crippen LogP contribution is 2.35. The molecule has 0 unspecified atom stereocenters. The summed E-state index contributed by atoms with van der Waals surface area (Å²) in [4.78, 5) is 0. The third kappa shape index (κ3) is 3.22. The Morgan fingerprint density at radius 2 is 1.62 bits per heavy atom. The minimum atomic E-state index is -1.23. The van der Waals surface area contributed by atoms with Gasteiger partial charge in [-0.05, 0) is 28.5 Å². The lowest BCUT2D eigenvalue weighted by Gasteiger charge is -2.35. The largest absolute Gasteiger partial charge is 0.388 e. The summed E-state index contributed by atoms with van der Waals surface area (Å²) >= 11 is 0. The van der Waals surface area contributed by atoms with Gasteiger partial charge < -0.3 is 24.6 Å². The maximum atomic E-state index is 10.5. The van der Waals surface area contributed by atoms with E-state index in [1.165, 1.54) is 16.3 Å². The van der Waals surface area contributed by atoms with E-state index in [9.17, 15) is 15.3 Å². The Bertz CT molecular complexity index is 1170. The molecule has 1 saturated heterocycles. The van der Waals surface area contributed by atoms with Gasteiger partial charge in [-0.2, -0.15) is 0 Å². The molecule has 0 bridgehead atoms. The molecule has 1 fully saturated rings. The van der Waals surface area contributed by atoms with Gasteiger partial charge in [-0.15, -0.1) is 0 Å². The fourth-order valence-corrected chi connectivity index (χ4v) is 4.25. The average Bonchev–Trinajstić information content (AvgIpc) is 3.10. The Balaban J connectivity index is 1.54. The van der Waals surface area contributed by atoms with E-state index in [-0.39, 0.29) is 6.61 Å². The van der Waals surface area contributed by atoms with E-state index >= 15 is 0 Å². The fourth-order valence-electron chi connectivity index (χ4n) is 4.25. The highest BCUT2D eigenvalue weighted by atomic mass is 16.5. The van der Waals surface area contributed by atoms with E-state index in [1.54, 1.807) is 0 Å². The zero-order chi connectivity index (χ0) is 20.0. The van der Waals surface area contributed by atoms with Crippen molar-refractivity contribution in [3.63, 3.8) is 0 Å². The normalized spacial score (nSPS) is 24.9. The van der Waals surface area contributed by atoms with E-state index in [0.29, 0.717) is 6.54 Å². The fraction of sp³-hybridized carbons (Fsp3) is 0.250. The van der Waals surface area contributed by atoms with Gasteiger partial charge in [0.05, 0.1) is 6.61 Å². The molecule has 0 spiro atoms. The van der Waals surface area contributed by atoms with Crippen LogP contribution in [0.2, 0.25) is 0 Å². The Hall–Kier alpha value is -2.70. The minimum Gasteiger partial charge on any atom is -0.388 e. The van der Waals surface area contributed by atoms with Gasteiger partial charge in [0.2, 0.25) is 0 Å². The van der Waals surface area contributed by atoms with Crippen LogP contribution >= 0.6 is 0 Å². The van der Waals surface area contributed by atoms with Crippen molar-refractivity contribution in [2.75, 3.05) is 6.61 Å². The topological polar surface area (TPSA) is 74.9 Å². The molecule has 3 aromatic carbocycles. The number of ether oxygens (including phenoxy) is 1. The molecule has 5 nitrogen and oxygen atoms in total. The van der Waals surface area contributed by atoms with Gasteiger partial charge in [0, 0.05) is 29.2 Å². The van der Waals surface area contributed by atoms with Crippen molar-refractivity contribution in [2.45, 2.75) is 31.0 Å². The van der Waals surface area contributed by atoms with Gasteiger partial charge in [-0.3, -0.25) is 0 Å². The van der Waals surface area contributed by atoms with Crippen LogP contribution in [0.4, 0.5) is 0 Å². The van der Waals surface area contributed by atoms with Crippen molar-refractivity contribution in [2.24, 2.45) is 0 Å². The lowest BCUT2D eigenvalue weighted by molar-refractivity contribution is -0.188. The number of rotatable bonds is 3. The van der Waals surface area contributed by atoms with Crippen molar-refractivity contribution < 1.29 is 20.1 Å². The third-order valence-corrected chi connectivity index (χ3v) is 5.79. The third-order valence-electron chi connectivity index (χ3n) is 5.79. The Morgan fingerprint density at radius 3 is 2.48 bits per heavy atom. The molecule has 0 saturated carbocycles. The molecule has 5 heteroatoms. The van der Waals surface area contributed by atoms with Crippen molar-refractivity contribution in [1.82, 2.24) is 4.57 Å². The van der Waals surface area contributed by atoms with Crippen LogP contribution in [0.5, 0.6) is 0 Å². The molecule has 29 heavy (non-hydrogen) atoms. The highest BCUT2D eigenvalue weighted by Gasteiger charge is 2.39. The molecule has 0 aliphatic carbocycles. The number of benzene rings is 3. The van der Waals surface area contributed by atoms with Crippen LogP contribution < -0.4 is 0 Å². The van der Waals surface area contributed by atoms with Crippen molar-refractivity contribution in [3.05, 3.63) is 84.1 Å². The lowest BCUT2D eigenvalue weighted by atomic mass is 9.94. The SMILES string of the molecule is O[C@@H]1[C@@H](O)[C@H](c2cn(Cc3ccc4ccccc4c3)c3ccccc23)OC[C@H]1O. The van der Waals surface area contributed by atoms with Gasteiger partial charge >= 0.3 is 0 Å². The number of fused-ring (bicyclic) bond motifs is 2. The summed E-state index contributed by atoms with van der Waals surface area (Å²) in [5.41, 5.74) is 3.03. The second-order valence-electron chi connectivity index (χ2n) is 7.71. The number of hydrogen-bond donors (Lipinski definition) is 3. The van der Waals surface area contributed by atoms with Gasteiger partial charge in [0.25, 0.3) is 0 Å². The monoisotopic (exact) mass is 389 g/mol. The summed E-state index contributed by atoms with van der Waals surface area (Å²) in [7, 11) is 0. The number of hydrogen-bond acceptors (Lipinski definition) is 4. The Labute approximate surface area is 168 Å². The second kappa shape index (κ2) is 7.28. The first-order chi connectivity index (χ1) is 14.1. The molecule has 4 atom stereocenters. The van der Waals surface area contributed by atoms with E-state index < -0.39 is 24.4 Å². The number of aromatic nitrogens is 1. The molecule has 2 heterocycles. The molecule has 1 aromatic heterocycles. The predicted molar refractivity (Wildman–Crippen MR) is 112 cm³/mol. The van der Waals surface area contributed by atoms with E-state index in [2.05, 4.69) is 34.9 Å². The first-order valence-corrected chi connectivity index (χ1v) is 9.83. The van der Waals surface area contributed by atoms with Crippen LogP contribution in [0, 0.1) is 0 Å². The quantitative estimate of drug-likeness (QED) is 0.504. The number of aliphatic hydroxyl groups excluding tert-OH is 3. The van der Waals surface area contributed by atoms with Crippen LogP contribution in [-0.4, -0.2) is 44.8 Å². The highest BCUT2D eigenvalue weighted by molar-refractivity contribution is 5.85. The molecule has 0 radical (unpaired) electrons. The predicted octanol–water partition coefficient (Wildman–Crippen LogP) is 3.00. The minimum absolute atomic E-state index is 0.00687. The summed E-state index contributed by atoms with van der Waals surface area (Å²) in [6, 6.07) is 22.7. The number of para-hydroxylation sites is 1. The van der Waals surface area contributed by atoms with Crippen LogP contribution in [0.15, 0.2) is 72.9 Å². The molecule has 148 valence electrons. The second-order valence-corrected chi connectivity index (χ2v) is 7.71. The lowest BCUT2D eigenvalue weighted by Crippen LogP contribution is -2.48. The molecule has 5 rings (SSSR count). The van der Waals surface area contributed by atoms with Gasteiger partial charge in [0.15, 0.2) is 0 Å². The molecule has 4 aromatic rings. The van der Waals surface area contributed by atoms with Crippen molar-refractivity contribution >= 4 is 21.7 Å². The van der Waals surface area contributed by atoms with E-state index in [1.807, 2.05) is 42.6 Å². The zero-order valence-electron chi connectivity index (χ0n) is 15.8. The summed E-state index contributed by atoms with van der Waals surface area (Å²) < 4.78 is 7.86. The van der Waals surface area contributed by atoms with Crippen LogP contribution in [0.1, 0.15) is 17.2 Å². The van der Waals surface area contributed by atoms with Crippen molar-refractivity contribution in [1.29, 1.82) is 0 Å². The Morgan fingerprint density at radius 1 is 0.862 bits per heavy atom. The summed E-state index contributed by atoms with van der Waals surface area (Å²) in [5, 5.41) is 33.8. The van der Waals surface area contributed by atoms with Gasteiger partial charge in [-0.25, -0.2) is 0 Å². The van der Waals surface area contributed by atoms with Gasteiger partial charge in [-0.1, -0.05) is 54.6 Å². The van der Waals surface area contributed by atoms with Crippen LogP contribution in [0.25, 0.3) is 21.7 Å².